The Balaban J connectivity index is 1.70. The fourth-order valence-electron chi connectivity index (χ4n) is 2.91. The molecule has 0 aliphatic carbocycles. The van der Waals surface area contributed by atoms with E-state index in [2.05, 4.69) is 10.3 Å². The maximum Gasteiger partial charge on any atom is 0.272 e. The fourth-order valence-corrected chi connectivity index (χ4v) is 3.09. The zero-order valence-corrected chi connectivity index (χ0v) is 14.6. The Kier molecular flexibility index (Phi) is 5.36. The normalized spacial score (nSPS) is 15.0. The van der Waals surface area contributed by atoms with Crippen molar-refractivity contribution in [1.82, 2.24) is 9.88 Å². The first-order valence-electron chi connectivity index (χ1n) is 8.42. The molecule has 1 aromatic carbocycles. The van der Waals surface area contributed by atoms with Crippen LogP contribution in [0.3, 0.4) is 0 Å². The molecule has 2 heterocycles. The number of benzene rings is 1. The highest BCUT2D eigenvalue weighted by Gasteiger charge is 2.18. The third-order valence-corrected chi connectivity index (χ3v) is 4.59. The minimum Gasteiger partial charge on any atom is -0.354 e. The molecular weight excluding hydrogens is 322 g/mol. The van der Waals surface area contributed by atoms with Crippen LogP contribution in [0, 0.1) is 6.92 Å². The molecule has 4 nitrogen and oxygen atoms in total. The van der Waals surface area contributed by atoms with Gasteiger partial charge in [-0.25, -0.2) is 4.98 Å². The molecule has 0 saturated carbocycles. The molecular formula is C19H22ClN3O. The summed E-state index contributed by atoms with van der Waals surface area (Å²) in [5, 5.41) is 3.98. The van der Waals surface area contributed by atoms with Crippen molar-refractivity contribution in [2.75, 3.05) is 18.4 Å². The lowest BCUT2D eigenvalue weighted by Gasteiger charge is -2.19. The smallest absolute Gasteiger partial charge is 0.272 e. The molecule has 1 amide bonds. The minimum absolute atomic E-state index is 0.0300. The van der Waals surface area contributed by atoms with E-state index in [4.69, 9.17) is 11.6 Å². The zero-order valence-electron chi connectivity index (χ0n) is 13.9. The van der Waals surface area contributed by atoms with E-state index in [0.717, 1.165) is 42.9 Å². The number of pyridine rings is 1. The number of halogens is 1. The maximum atomic E-state index is 12.5. The lowest BCUT2D eigenvalue weighted by atomic mass is 10.2. The number of nitrogens with zero attached hydrogens (tertiary/aromatic N) is 2. The van der Waals surface area contributed by atoms with Crippen molar-refractivity contribution >= 4 is 28.9 Å². The third-order valence-electron chi connectivity index (χ3n) is 4.35. The summed E-state index contributed by atoms with van der Waals surface area (Å²) in [5.41, 5.74) is 3.39. The van der Waals surface area contributed by atoms with Gasteiger partial charge >= 0.3 is 0 Å². The van der Waals surface area contributed by atoms with Crippen LogP contribution in [0.2, 0.25) is 5.02 Å². The third kappa shape index (κ3) is 4.06. The first-order chi connectivity index (χ1) is 11.6. The molecule has 3 rings (SSSR count). The summed E-state index contributed by atoms with van der Waals surface area (Å²) in [7, 11) is 0. The highest BCUT2D eigenvalue weighted by molar-refractivity contribution is 6.30. The molecule has 24 heavy (non-hydrogen) atoms. The Morgan fingerprint density at radius 3 is 2.54 bits per heavy atom. The molecule has 1 aromatic heterocycles. The van der Waals surface area contributed by atoms with Gasteiger partial charge in [-0.2, -0.15) is 0 Å². The second kappa shape index (κ2) is 7.67. The SMILES string of the molecule is Cc1ccc(Cl)cc1Nc1ccc(C(=O)N2CCCCCC2)nc1. The summed E-state index contributed by atoms with van der Waals surface area (Å²) in [5.74, 6) is 0.0300. The van der Waals surface area contributed by atoms with Crippen molar-refractivity contribution in [3.8, 4) is 0 Å². The van der Waals surface area contributed by atoms with Crippen LogP contribution >= 0.6 is 11.6 Å². The topological polar surface area (TPSA) is 45.2 Å². The van der Waals surface area contributed by atoms with Crippen LogP contribution in [0.4, 0.5) is 11.4 Å². The van der Waals surface area contributed by atoms with Gasteiger partial charge in [-0.05, 0) is 49.6 Å². The Bertz CT molecular complexity index is 707. The van der Waals surface area contributed by atoms with Gasteiger partial charge in [-0.1, -0.05) is 30.5 Å². The Morgan fingerprint density at radius 1 is 1.12 bits per heavy atom. The largest absolute Gasteiger partial charge is 0.354 e. The van der Waals surface area contributed by atoms with E-state index in [0.29, 0.717) is 10.7 Å². The summed E-state index contributed by atoms with van der Waals surface area (Å²) < 4.78 is 0. The molecule has 1 aliphatic rings. The van der Waals surface area contributed by atoms with E-state index in [-0.39, 0.29) is 5.91 Å². The van der Waals surface area contributed by atoms with Gasteiger partial charge in [0.25, 0.3) is 5.91 Å². The summed E-state index contributed by atoms with van der Waals surface area (Å²) in [6.07, 6.45) is 6.28. The number of hydrogen-bond acceptors (Lipinski definition) is 3. The average molecular weight is 344 g/mol. The predicted octanol–water partition coefficient (Wildman–Crippen LogP) is 4.80. The molecule has 0 unspecified atom stereocenters. The van der Waals surface area contributed by atoms with Crippen molar-refractivity contribution in [3.05, 3.63) is 52.8 Å². The monoisotopic (exact) mass is 343 g/mol. The minimum atomic E-state index is 0.0300. The summed E-state index contributed by atoms with van der Waals surface area (Å²) in [6, 6.07) is 9.39. The highest BCUT2D eigenvalue weighted by Crippen LogP contribution is 2.24. The molecule has 2 aromatic rings. The van der Waals surface area contributed by atoms with E-state index in [1.807, 2.05) is 36.1 Å². The summed E-state index contributed by atoms with van der Waals surface area (Å²) in [4.78, 5) is 18.8. The molecule has 1 saturated heterocycles. The van der Waals surface area contributed by atoms with E-state index >= 15 is 0 Å². The molecule has 126 valence electrons. The predicted molar refractivity (Wildman–Crippen MR) is 98.1 cm³/mol. The van der Waals surface area contributed by atoms with E-state index in [1.165, 1.54) is 12.8 Å². The second-order valence-corrected chi connectivity index (χ2v) is 6.66. The fraction of sp³-hybridized carbons (Fsp3) is 0.368. The van der Waals surface area contributed by atoms with Crippen molar-refractivity contribution in [2.45, 2.75) is 32.6 Å². The standard InChI is InChI=1S/C19H22ClN3O/c1-14-6-7-15(20)12-18(14)22-16-8-9-17(21-13-16)19(24)23-10-4-2-3-5-11-23/h6-9,12-13,22H,2-5,10-11H2,1H3. The van der Waals surface area contributed by atoms with Gasteiger partial charge in [0.05, 0.1) is 11.9 Å². The molecule has 0 radical (unpaired) electrons. The van der Waals surface area contributed by atoms with Crippen LogP contribution in [0.1, 0.15) is 41.7 Å². The van der Waals surface area contributed by atoms with Crippen LogP contribution in [0.15, 0.2) is 36.5 Å². The Morgan fingerprint density at radius 2 is 1.88 bits per heavy atom. The first-order valence-corrected chi connectivity index (χ1v) is 8.80. The summed E-state index contributed by atoms with van der Waals surface area (Å²) >= 11 is 6.04. The van der Waals surface area contributed by atoms with E-state index in [9.17, 15) is 4.79 Å². The van der Waals surface area contributed by atoms with Gasteiger partial charge in [0.2, 0.25) is 0 Å². The maximum absolute atomic E-state index is 12.5. The lowest BCUT2D eigenvalue weighted by Crippen LogP contribution is -2.32. The van der Waals surface area contributed by atoms with Gasteiger partial charge in [-0.15, -0.1) is 0 Å². The van der Waals surface area contributed by atoms with Gasteiger partial charge in [0.1, 0.15) is 5.69 Å². The number of aromatic nitrogens is 1. The number of hydrogen-bond donors (Lipinski definition) is 1. The zero-order chi connectivity index (χ0) is 16.9. The number of carbonyl (C=O) groups excluding carboxylic acids is 1. The molecule has 0 spiro atoms. The number of carbonyl (C=O) groups is 1. The number of nitrogens with one attached hydrogen (secondary N) is 1. The quantitative estimate of drug-likeness (QED) is 0.870. The van der Waals surface area contributed by atoms with E-state index < -0.39 is 0 Å². The Labute approximate surface area is 147 Å². The molecule has 5 heteroatoms. The molecule has 0 bridgehead atoms. The number of aryl methyl sites for hydroxylation is 1. The lowest BCUT2D eigenvalue weighted by molar-refractivity contribution is 0.0756. The van der Waals surface area contributed by atoms with Crippen molar-refractivity contribution < 1.29 is 4.79 Å². The number of amides is 1. The van der Waals surface area contributed by atoms with Crippen molar-refractivity contribution in [1.29, 1.82) is 0 Å². The van der Waals surface area contributed by atoms with Gasteiger partial charge in [0.15, 0.2) is 0 Å². The van der Waals surface area contributed by atoms with Crippen molar-refractivity contribution in [3.63, 3.8) is 0 Å². The average Bonchev–Trinajstić information content (AvgIpc) is 2.87. The molecule has 1 N–H and O–H groups in total. The van der Waals surface area contributed by atoms with Crippen LogP contribution in [-0.4, -0.2) is 28.9 Å². The van der Waals surface area contributed by atoms with Gasteiger partial charge in [0, 0.05) is 23.8 Å². The highest BCUT2D eigenvalue weighted by atomic mass is 35.5. The van der Waals surface area contributed by atoms with Crippen LogP contribution in [-0.2, 0) is 0 Å². The summed E-state index contributed by atoms with van der Waals surface area (Å²) in [6.45, 7) is 3.69. The van der Waals surface area contributed by atoms with Crippen LogP contribution in [0.25, 0.3) is 0 Å². The first kappa shape index (κ1) is 16.8. The Hall–Kier alpha value is -2.07. The molecule has 1 fully saturated rings. The second-order valence-electron chi connectivity index (χ2n) is 6.22. The van der Waals surface area contributed by atoms with Gasteiger partial charge < -0.3 is 10.2 Å². The van der Waals surface area contributed by atoms with Crippen LogP contribution < -0.4 is 5.32 Å². The van der Waals surface area contributed by atoms with Gasteiger partial charge in [-0.3, -0.25) is 4.79 Å². The van der Waals surface area contributed by atoms with Crippen LogP contribution in [0.5, 0.6) is 0 Å². The molecule has 1 aliphatic heterocycles. The van der Waals surface area contributed by atoms with E-state index in [1.54, 1.807) is 12.3 Å². The number of anilines is 2. The number of rotatable bonds is 3. The number of likely N-dealkylation sites (tertiary alicyclic amines) is 1. The van der Waals surface area contributed by atoms with Crippen molar-refractivity contribution in [2.24, 2.45) is 0 Å². The molecule has 0 atom stereocenters.